The number of cyclic esters (lactones) is 1. The van der Waals surface area contributed by atoms with Gasteiger partial charge >= 0.3 is 6.09 Å². The molecule has 0 aromatic heterocycles. The monoisotopic (exact) mass is 157 g/mol. The van der Waals surface area contributed by atoms with Gasteiger partial charge in [0.1, 0.15) is 6.61 Å². The number of amides is 1. The van der Waals surface area contributed by atoms with Crippen LogP contribution in [0, 0.1) is 5.41 Å². The van der Waals surface area contributed by atoms with E-state index >= 15 is 0 Å². The third-order valence-corrected chi connectivity index (χ3v) is 1.60. The maximum atomic E-state index is 10.6. The van der Waals surface area contributed by atoms with E-state index in [1.807, 2.05) is 0 Å². The fraction of sp³-hybridized carbons (Fsp3) is 0.875. The number of nitrogens with one attached hydrogen (secondary N) is 1. The van der Waals surface area contributed by atoms with Crippen molar-refractivity contribution in [2.75, 3.05) is 6.61 Å². The van der Waals surface area contributed by atoms with Crippen LogP contribution in [-0.4, -0.2) is 18.7 Å². The van der Waals surface area contributed by atoms with Crippen molar-refractivity contribution in [1.82, 2.24) is 5.32 Å². The molecule has 1 heterocycles. The van der Waals surface area contributed by atoms with Crippen LogP contribution in [0.2, 0.25) is 0 Å². The standard InChI is InChI=1S/C8H15NO2/c1-8(2,3)4-6-5-11-7(10)9-6/h6H,4-5H2,1-3H3,(H,9,10). The second-order valence-corrected chi connectivity index (χ2v) is 4.20. The van der Waals surface area contributed by atoms with Gasteiger partial charge in [-0.3, -0.25) is 0 Å². The summed E-state index contributed by atoms with van der Waals surface area (Å²) in [5.41, 5.74) is 0.256. The summed E-state index contributed by atoms with van der Waals surface area (Å²) in [5.74, 6) is 0. The molecular weight excluding hydrogens is 142 g/mol. The summed E-state index contributed by atoms with van der Waals surface area (Å²) in [6.07, 6.45) is 0.693. The minimum absolute atomic E-state index is 0.211. The molecule has 0 bridgehead atoms. The second kappa shape index (κ2) is 2.72. The van der Waals surface area contributed by atoms with Crippen molar-refractivity contribution >= 4 is 6.09 Å². The normalized spacial score (nSPS) is 24.6. The lowest BCUT2D eigenvalue weighted by atomic mass is 9.88. The van der Waals surface area contributed by atoms with Crippen LogP contribution >= 0.6 is 0 Å². The van der Waals surface area contributed by atoms with Gasteiger partial charge in [-0.1, -0.05) is 20.8 Å². The molecule has 1 aliphatic heterocycles. The quantitative estimate of drug-likeness (QED) is 0.627. The highest BCUT2D eigenvalue weighted by Gasteiger charge is 2.26. The Bertz CT molecular complexity index is 160. The largest absolute Gasteiger partial charge is 0.447 e. The number of carbonyl (C=O) groups excluding carboxylic acids is 1. The fourth-order valence-electron chi connectivity index (χ4n) is 1.28. The van der Waals surface area contributed by atoms with Crippen LogP contribution < -0.4 is 5.32 Å². The van der Waals surface area contributed by atoms with Gasteiger partial charge in [0.05, 0.1) is 6.04 Å². The van der Waals surface area contributed by atoms with Gasteiger partial charge < -0.3 is 10.1 Å². The van der Waals surface area contributed by atoms with Crippen LogP contribution in [0.15, 0.2) is 0 Å². The number of rotatable bonds is 1. The second-order valence-electron chi connectivity index (χ2n) is 4.20. The van der Waals surface area contributed by atoms with Crippen molar-refractivity contribution in [3.05, 3.63) is 0 Å². The van der Waals surface area contributed by atoms with Gasteiger partial charge in [-0.05, 0) is 11.8 Å². The lowest BCUT2D eigenvalue weighted by Gasteiger charge is -2.20. The highest BCUT2D eigenvalue weighted by molar-refractivity contribution is 5.69. The molecule has 0 aromatic carbocycles. The summed E-state index contributed by atoms with van der Waals surface area (Å²) in [6, 6.07) is 0.211. The molecule has 0 aliphatic carbocycles. The molecule has 64 valence electrons. The van der Waals surface area contributed by atoms with E-state index in [0.717, 1.165) is 6.42 Å². The van der Waals surface area contributed by atoms with E-state index in [0.29, 0.717) is 6.61 Å². The minimum Gasteiger partial charge on any atom is -0.447 e. The molecule has 1 fully saturated rings. The summed E-state index contributed by atoms with van der Waals surface area (Å²) in [5, 5.41) is 2.75. The zero-order chi connectivity index (χ0) is 8.48. The first-order chi connectivity index (χ1) is 4.97. The molecule has 1 rings (SSSR count). The van der Waals surface area contributed by atoms with E-state index in [1.165, 1.54) is 0 Å². The Morgan fingerprint density at radius 2 is 2.27 bits per heavy atom. The van der Waals surface area contributed by atoms with Crippen molar-refractivity contribution in [3.8, 4) is 0 Å². The van der Waals surface area contributed by atoms with E-state index in [4.69, 9.17) is 4.74 Å². The Kier molecular flexibility index (Phi) is 2.07. The highest BCUT2D eigenvalue weighted by Crippen LogP contribution is 2.22. The van der Waals surface area contributed by atoms with Crippen LogP contribution in [0.5, 0.6) is 0 Å². The highest BCUT2D eigenvalue weighted by atomic mass is 16.6. The van der Waals surface area contributed by atoms with Crippen LogP contribution in [0.4, 0.5) is 4.79 Å². The fourth-order valence-corrected chi connectivity index (χ4v) is 1.28. The first-order valence-corrected chi connectivity index (χ1v) is 3.91. The molecule has 0 radical (unpaired) electrons. The van der Waals surface area contributed by atoms with Gasteiger partial charge in [0.25, 0.3) is 0 Å². The Balaban J connectivity index is 2.34. The van der Waals surface area contributed by atoms with Crippen molar-refractivity contribution in [3.63, 3.8) is 0 Å². The molecule has 0 spiro atoms. The zero-order valence-corrected chi connectivity index (χ0v) is 7.31. The molecule has 11 heavy (non-hydrogen) atoms. The molecule has 1 aliphatic rings. The SMILES string of the molecule is CC(C)(C)CC1COC(=O)N1. The van der Waals surface area contributed by atoms with Crippen LogP contribution in [-0.2, 0) is 4.74 Å². The van der Waals surface area contributed by atoms with Crippen LogP contribution in [0.25, 0.3) is 0 Å². The zero-order valence-electron chi connectivity index (χ0n) is 7.31. The van der Waals surface area contributed by atoms with Crippen LogP contribution in [0.1, 0.15) is 27.2 Å². The third kappa shape index (κ3) is 2.78. The molecule has 3 heteroatoms. The summed E-state index contributed by atoms with van der Waals surface area (Å²) in [7, 11) is 0. The molecule has 0 aromatic rings. The Morgan fingerprint density at radius 1 is 1.64 bits per heavy atom. The first-order valence-electron chi connectivity index (χ1n) is 3.91. The number of alkyl carbamates (subject to hydrolysis) is 1. The molecule has 3 nitrogen and oxygen atoms in total. The lowest BCUT2D eigenvalue weighted by Crippen LogP contribution is -2.30. The molecule has 1 amide bonds. The van der Waals surface area contributed by atoms with Gasteiger partial charge in [0.15, 0.2) is 0 Å². The van der Waals surface area contributed by atoms with E-state index in [1.54, 1.807) is 0 Å². The van der Waals surface area contributed by atoms with E-state index in [2.05, 4.69) is 26.1 Å². The third-order valence-electron chi connectivity index (χ3n) is 1.60. The molecule has 1 N–H and O–H groups in total. The van der Waals surface area contributed by atoms with Crippen molar-refractivity contribution in [2.24, 2.45) is 5.41 Å². The maximum Gasteiger partial charge on any atom is 0.407 e. The topological polar surface area (TPSA) is 38.3 Å². The maximum absolute atomic E-state index is 10.6. The summed E-state index contributed by atoms with van der Waals surface area (Å²) in [6.45, 7) is 6.97. The van der Waals surface area contributed by atoms with Gasteiger partial charge in [-0.2, -0.15) is 0 Å². The van der Waals surface area contributed by atoms with Crippen LogP contribution in [0.3, 0.4) is 0 Å². The van der Waals surface area contributed by atoms with E-state index in [-0.39, 0.29) is 17.6 Å². The molecule has 1 unspecified atom stereocenters. The Morgan fingerprint density at radius 3 is 2.64 bits per heavy atom. The van der Waals surface area contributed by atoms with Gasteiger partial charge in [0.2, 0.25) is 0 Å². The van der Waals surface area contributed by atoms with E-state index in [9.17, 15) is 4.79 Å². The average Bonchev–Trinajstić information content (AvgIpc) is 2.10. The summed E-state index contributed by atoms with van der Waals surface area (Å²) < 4.78 is 4.76. The average molecular weight is 157 g/mol. The van der Waals surface area contributed by atoms with Gasteiger partial charge in [0, 0.05) is 0 Å². The smallest absolute Gasteiger partial charge is 0.407 e. The predicted octanol–water partition coefficient (Wildman–Crippen LogP) is 1.53. The lowest BCUT2D eigenvalue weighted by molar-refractivity contribution is 0.175. The molecular formula is C8H15NO2. The summed E-state index contributed by atoms with van der Waals surface area (Å²) in [4.78, 5) is 10.6. The first kappa shape index (κ1) is 8.37. The number of hydrogen-bond acceptors (Lipinski definition) is 2. The van der Waals surface area contributed by atoms with Crippen molar-refractivity contribution < 1.29 is 9.53 Å². The molecule has 1 atom stereocenters. The minimum atomic E-state index is -0.278. The predicted molar refractivity (Wildman–Crippen MR) is 42.3 cm³/mol. The van der Waals surface area contributed by atoms with Crippen molar-refractivity contribution in [1.29, 1.82) is 0 Å². The number of hydrogen-bond donors (Lipinski definition) is 1. The molecule has 1 saturated heterocycles. The van der Waals surface area contributed by atoms with E-state index < -0.39 is 0 Å². The van der Waals surface area contributed by atoms with Gasteiger partial charge in [-0.15, -0.1) is 0 Å². The Labute approximate surface area is 67.1 Å². The number of ether oxygens (including phenoxy) is 1. The van der Waals surface area contributed by atoms with Crippen molar-refractivity contribution in [2.45, 2.75) is 33.2 Å². The summed E-state index contributed by atoms with van der Waals surface area (Å²) >= 11 is 0. The molecule has 0 saturated carbocycles. The van der Waals surface area contributed by atoms with Gasteiger partial charge in [-0.25, -0.2) is 4.79 Å². The Hall–Kier alpha value is -0.730. The number of carbonyl (C=O) groups is 1.